The Bertz CT molecular complexity index is 1680. The number of hydrogen-bond donors (Lipinski definition) is 1. The number of anilines is 1. The lowest BCUT2D eigenvalue weighted by atomic mass is 9.81. The lowest BCUT2D eigenvalue weighted by Gasteiger charge is -2.41. The monoisotopic (exact) mass is 633 g/mol. The molecule has 0 spiro atoms. The van der Waals surface area contributed by atoms with E-state index in [0.717, 1.165) is 0 Å². The first-order valence-corrected chi connectivity index (χ1v) is 15.1. The molecule has 2 heterocycles. The number of carbonyl (C=O) groups is 2. The van der Waals surface area contributed by atoms with Crippen molar-refractivity contribution in [2.24, 2.45) is 0 Å². The predicted molar refractivity (Wildman–Crippen MR) is 158 cm³/mol. The average Bonchev–Trinajstić information content (AvgIpc) is 3.47. The first kappa shape index (κ1) is 30.1. The molecule has 10 nitrogen and oxygen atoms in total. The third-order valence-corrected chi connectivity index (χ3v) is 9.95. The van der Waals surface area contributed by atoms with Crippen LogP contribution in [0, 0.1) is 0 Å². The number of β-amino-alcohol motifs (C(OH)–C–C–N with tert-alkyl or cyclic N) is 1. The smallest absolute Gasteiger partial charge is 0.274 e. The maximum absolute atomic E-state index is 15.1. The van der Waals surface area contributed by atoms with E-state index in [1.807, 2.05) is 0 Å². The fourth-order valence-electron chi connectivity index (χ4n) is 5.84. The summed E-state index contributed by atoms with van der Waals surface area (Å²) in [6, 6.07) is 14.1. The van der Waals surface area contributed by atoms with E-state index in [1.54, 1.807) is 43.3 Å². The van der Waals surface area contributed by atoms with E-state index < -0.39 is 33.6 Å². The van der Waals surface area contributed by atoms with Gasteiger partial charge in [-0.25, -0.2) is 12.7 Å². The van der Waals surface area contributed by atoms with Crippen molar-refractivity contribution >= 4 is 50.7 Å². The highest BCUT2D eigenvalue weighted by molar-refractivity contribution is 7.93. The van der Waals surface area contributed by atoms with Crippen LogP contribution in [0.5, 0.6) is 11.5 Å². The first-order valence-electron chi connectivity index (χ1n) is 12.9. The second-order valence-corrected chi connectivity index (χ2v) is 12.8. The van der Waals surface area contributed by atoms with E-state index in [9.17, 15) is 18.3 Å². The zero-order valence-corrected chi connectivity index (χ0v) is 25.6. The summed E-state index contributed by atoms with van der Waals surface area (Å²) in [5.74, 6) is -0.957. The first-order chi connectivity index (χ1) is 19.9. The SMILES string of the molecule is COc1ccc(S(=O)(=O)N2C(=O)C(c3ccccc3Cl)(N3C[C@H](O)C[C@H]3C(=O)N(C)C)c3cc(Cl)ccc32)c(OC)c1. The Hall–Kier alpha value is -3.35. The van der Waals surface area contributed by atoms with Crippen LogP contribution >= 0.6 is 23.2 Å². The second-order valence-electron chi connectivity index (χ2n) is 10.2. The quantitative estimate of drug-likeness (QED) is 0.420. The van der Waals surface area contributed by atoms with Crippen molar-refractivity contribution in [1.82, 2.24) is 9.80 Å². The number of amides is 2. The summed E-state index contributed by atoms with van der Waals surface area (Å²) in [6.07, 6.45) is -0.966. The van der Waals surface area contributed by atoms with Gasteiger partial charge in [0, 0.05) is 47.9 Å². The van der Waals surface area contributed by atoms with E-state index >= 15 is 4.79 Å². The minimum atomic E-state index is -4.64. The van der Waals surface area contributed by atoms with Crippen LogP contribution in [0.15, 0.2) is 65.6 Å². The maximum Gasteiger partial charge on any atom is 0.274 e. The van der Waals surface area contributed by atoms with Crippen molar-refractivity contribution in [3.63, 3.8) is 0 Å². The highest BCUT2D eigenvalue weighted by Crippen LogP contribution is 2.54. The third kappa shape index (κ3) is 4.51. The molecule has 5 rings (SSSR count). The molecule has 0 aliphatic carbocycles. The number of fused-ring (bicyclic) bond motifs is 1. The standard InChI is InChI=1S/C29H29Cl2N3O7S/c1-32(2)27(36)24-14-18(35)16-33(24)29(20-7-5-6-8-22(20)31)21-13-17(30)9-11-23(21)34(28(29)37)42(38,39)26-12-10-19(40-3)15-25(26)41-4/h5-13,15,18,24,35H,14,16H2,1-4H3/t18-,24+,29?/m1/s1. The predicted octanol–water partition coefficient (Wildman–Crippen LogP) is 3.51. The Balaban J connectivity index is 1.85. The molecule has 42 heavy (non-hydrogen) atoms. The Morgan fingerprint density at radius 3 is 2.38 bits per heavy atom. The van der Waals surface area contributed by atoms with Crippen LogP contribution in [0.25, 0.3) is 0 Å². The molecule has 1 unspecified atom stereocenters. The molecule has 1 N–H and O–H groups in total. The van der Waals surface area contributed by atoms with Gasteiger partial charge in [-0.1, -0.05) is 41.4 Å². The number of likely N-dealkylation sites (tertiary alicyclic amines) is 1. The number of nitrogens with zero attached hydrogens (tertiary/aromatic N) is 3. The number of aliphatic hydroxyl groups is 1. The number of halogens is 2. The third-order valence-electron chi connectivity index (χ3n) is 7.65. The zero-order valence-electron chi connectivity index (χ0n) is 23.2. The molecule has 1 saturated heterocycles. The Morgan fingerprint density at radius 2 is 1.74 bits per heavy atom. The van der Waals surface area contributed by atoms with Crippen molar-refractivity contribution < 1.29 is 32.6 Å². The van der Waals surface area contributed by atoms with Gasteiger partial charge in [-0.05, 0) is 42.8 Å². The molecule has 2 aliphatic rings. The molecule has 222 valence electrons. The molecule has 0 bridgehead atoms. The number of rotatable bonds is 7. The van der Waals surface area contributed by atoms with Crippen LogP contribution in [0.4, 0.5) is 5.69 Å². The topological polar surface area (TPSA) is 117 Å². The summed E-state index contributed by atoms with van der Waals surface area (Å²) < 4.78 is 40.2. The summed E-state index contributed by atoms with van der Waals surface area (Å²) >= 11 is 13.2. The van der Waals surface area contributed by atoms with Crippen molar-refractivity contribution in [3.8, 4) is 11.5 Å². The number of methoxy groups -OCH3 is 2. The molecule has 3 aromatic rings. The lowest BCUT2D eigenvalue weighted by Crippen LogP contribution is -2.59. The van der Waals surface area contributed by atoms with Gasteiger partial charge in [0.05, 0.1) is 32.1 Å². The molecular formula is C29H29Cl2N3O7S. The van der Waals surface area contributed by atoms with Gasteiger partial charge < -0.3 is 19.5 Å². The van der Waals surface area contributed by atoms with Gasteiger partial charge in [-0.15, -0.1) is 0 Å². The van der Waals surface area contributed by atoms with E-state index in [1.165, 1.54) is 55.5 Å². The van der Waals surface area contributed by atoms with Gasteiger partial charge in [-0.3, -0.25) is 14.5 Å². The van der Waals surface area contributed by atoms with Crippen LogP contribution < -0.4 is 13.8 Å². The average molecular weight is 635 g/mol. The number of hydrogen-bond acceptors (Lipinski definition) is 8. The number of likely N-dealkylation sites (N-methyl/N-ethyl adjacent to an activating group) is 1. The van der Waals surface area contributed by atoms with E-state index in [4.69, 9.17) is 32.7 Å². The molecule has 13 heteroatoms. The molecule has 0 radical (unpaired) electrons. The number of sulfonamides is 1. The van der Waals surface area contributed by atoms with E-state index in [0.29, 0.717) is 10.1 Å². The highest BCUT2D eigenvalue weighted by atomic mass is 35.5. The highest BCUT2D eigenvalue weighted by Gasteiger charge is 2.63. The number of ether oxygens (including phenoxy) is 2. The summed E-state index contributed by atoms with van der Waals surface area (Å²) in [7, 11) is 1.24. The number of aliphatic hydroxyl groups excluding tert-OH is 1. The van der Waals surface area contributed by atoms with Gasteiger partial charge in [0.1, 0.15) is 16.4 Å². The molecule has 3 atom stereocenters. The van der Waals surface area contributed by atoms with Gasteiger partial charge in [0.25, 0.3) is 15.9 Å². The van der Waals surface area contributed by atoms with Crippen molar-refractivity contribution in [2.75, 3.05) is 39.2 Å². The molecule has 0 saturated carbocycles. The van der Waals surface area contributed by atoms with Gasteiger partial charge in [0.15, 0.2) is 5.54 Å². The molecular weight excluding hydrogens is 605 g/mol. The van der Waals surface area contributed by atoms with Crippen LogP contribution in [0.2, 0.25) is 10.0 Å². The van der Waals surface area contributed by atoms with Crippen molar-refractivity contribution in [1.29, 1.82) is 0 Å². The van der Waals surface area contributed by atoms with E-state index in [-0.39, 0.29) is 56.4 Å². The van der Waals surface area contributed by atoms with Crippen LogP contribution in [0.1, 0.15) is 17.5 Å². The molecule has 1 fully saturated rings. The fourth-order valence-corrected chi connectivity index (χ4v) is 7.88. The van der Waals surface area contributed by atoms with Crippen LogP contribution in [-0.4, -0.2) is 82.1 Å². The molecule has 2 aliphatic heterocycles. The fraction of sp³-hybridized carbons (Fsp3) is 0.310. The number of benzene rings is 3. The summed E-state index contributed by atoms with van der Waals surface area (Å²) in [6.45, 7) is -0.118. The lowest BCUT2D eigenvalue weighted by molar-refractivity contribution is -0.138. The van der Waals surface area contributed by atoms with Gasteiger partial charge in [-0.2, -0.15) is 0 Å². The van der Waals surface area contributed by atoms with Crippen molar-refractivity contribution in [3.05, 3.63) is 81.8 Å². The molecule has 3 aromatic carbocycles. The summed E-state index contributed by atoms with van der Waals surface area (Å²) in [5, 5.41) is 11.3. The second kappa shape index (κ2) is 11.1. The molecule has 0 aromatic heterocycles. The van der Waals surface area contributed by atoms with Crippen LogP contribution in [0.3, 0.4) is 0 Å². The Morgan fingerprint density at radius 1 is 1.02 bits per heavy atom. The maximum atomic E-state index is 15.1. The zero-order chi connectivity index (χ0) is 30.6. The summed E-state index contributed by atoms with van der Waals surface area (Å²) in [5.41, 5.74) is -1.47. The largest absolute Gasteiger partial charge is 0.497 e. The van der Waals surface area contributed by atoms with Crippen LogP contribution in [-0.2, 0) is 25.2 Å². The minimum absolute atomic E-state index is 0.0193. The van der Waals surface area contributed by atoms with E-state index in [2.05, 4.69) is 0 Å². The normalized spacial score (nSPS) is 22.3. The number of carbonyl (C=O) groups excluding carboxylic acids is 2. The minimum Gasteiger partial charge on any atom is -0.497 e. The Kier molecular flexibility index (Phi) is 7.92. The Labute approximate surface area is 254 Å². The van der Waals surface area contributed by atoms with Crippen molar-refractivity contribution in [2.45, 2.75) is 29.0 Å². The van der Waals surface area contributed by atoms with Gasteiger partial charge >= 0.3 is 0 Å². The van der Waals surface area contributed by atoms with Gasteiger partial charge in [0.2, 0.25) is 5.91 Å². The molecule has 2 amide bonds. The summed E-state index contributed by atoms with van der Waals surface area (Å²) in [4.78, 5) is 31.2.